The van der Waals surface area contributed by atoms with E-state index in [4.69, 9.17) is 16.9 Å². The fraction of sp³-hybridized carbons (Fsp3) is 0.0625. The maximum atomic E-state index is 13.8. The highest BCUT2D eigenvalue weighted by Crippen LogP contribution is 2.35. The second-order valence-corrected chi connectivity index (χ2v) is 6.01. The molecule has 2 aromatic carbocycles. The van der Waals surface area contributed by atoms with Crippen LogP contribution < -0.4 is 5.32 Å². The number of rotatable bonds is 3. The van der Waals surface area contributed by atoms with Gasteiger partial charge in [0.1, 0.15) is 5.82 Å². The zero-order valence-corrected chi connectivity index (χ0v) is 12.4. The van der Waals surface area contributed by atoms with Crippen molar-refractivity contribution in [3.05, 3.63) is 63.7 Å². The van der Waals surface area contributed by atoms with Crippen LogP contribution in [0.15, 0.2) is 42.5 Å². The Morgan fingerprint density at radius 2 is 2.05 bits per heavy atom. The average molecular weight is 317 g/mol. The second kappa shape index (κ2) is 5.72. The molecule has 0 saturated carbocycles. The van der Waals surface area contributed by atoms with Gasteiger partial charge in [-0.3, -0.25) is 0 Å². The molecule has 2 nitrogen and oxygen atoms in total. The average Bonchev–Trinajstić information content (AvgIpc) is 2.83. The lowest BCUT2D eigenvalue weighted by atomic mass is 10.2. The normalized spacial score (nSPS) is 10.5. The number of nitrogens with zero attached hydrogens (tertiary/aromatic N) is 1. The Hall–Kier alpha value is -2.09. The number of thiophene rings is 1. The Kier molecular flexibility index (Phi) is 3.78. The van der Waals surface area contributed by atoms with Crippen LogP contribution in [0.4, 0.5) is 10.1 Å². The smallest absolute Gasteiger partial charge is 0.147 e. The van der Waals surface area contributed by atoms with Gasteiger partial charge in [-0.15, -0.1) is 11.3 Å². The van der Waals surface area contributed by atoms with E-state index in [1.165, 1.54) is 6.07 Å². The number of halogens is 2. The third-order valence-corrected chi connectivity index (χ3v) is 4.85. The van der Waals surface area contributed by atoms with Crippen LogP contribution >= 0.6 is 22.9 Å². The Balaban J connectivity index is 1.84. The van der Waals surface area contributed by atoms with Gasteiger partial charge in [-0.2, -0.15) is 5.26 Å². The highest BCUT2D eigenvalue weighted by Gasteiger charge is 2.10. The minimum Gasteiger partial charge on any atom is -0.378 e. The monoisotopic (exact) mass is 316 g/mol. The Bertz CT molecular complexity index is 851. The molecule has 5 heteroatoms. The third-order valence-electron chi connectivity index (χ3n) is 3.14. The highest BCUT2D eigenvalue weighted by molar-refractivity contribution is 7.19. The topological polar surface area (TPSA) is 35.8 Å². The Morgan fingerprint density at radius 1 is 1.24 bits per heavy atom. The van der Waals surface area contributed by atoms with Gasteiger partial charge >= 0.3 is 0 Å². The van der Waals surface area contributed by atoms with Crippen LogP contribution in [0, 0.1) is 17.1 Å². The van der Waals surface area contributed by atoms with Crippen molar-refractivity contribution in [3.63, 3.8) is 0 Å². The molecule has 1 aromatic heterocycles. The molecule has 0 spiro atoms. The quantitative estimate of drug-likeness (QED) is 0.723. The molecule has 1 N–H and O–H groups in total. The van der Waals surface area contributed by atoms with Gasteiger partial charge in [0.15, 0.2) is 0 Å². The lowest BCUT2D eigenvalue weighted by Crippen LogP contribution is -2.00. The number of nitrogens with one attached hydrogen (secondary N) is 1. The van der Waals surface area contributed by atoms with Gasteiger partial charge in [-0.05, 0) is 24.3 Å². The lowest BCUT2D eigenvalue weighted by Gasteiger charge is -2.06. The second-order valence-electron chi connectivity index (χ2n) is 4.50. The highest BCUT2D eigenvalue weighted by atomic mass is 35.5. The number of hydrogen-bond acceptors (Lipinski definition) is 3. The van der Waals surface area contributed by atoms with Crippen LogP contribution in [0.3, 0.4) is 0 Å². The van der Waals surface area contributed by atoms with Gasteiger partial charge in [-0.25, -0.2) is 4.39 Å². The van der Waals surface area contributed by atoms with E-state index in [0.717, 1.165) is 15.0 Å². The molecule has 0 aliphatic heterocycles. The van der Waals surface area contributed by atoms with E-state index in [1.807, 2.05) is 30.3 Å². The van der Waals surface area contributed by atoms with Crippen LogP contribution in [-0.4, -0.2) is 0 Å². The number of hydrogen-bond donors (Lipinski definition) is 1. The molecule has 0 atom stereocenters. The summed E-state index contributed by atoms with van der Waals surface area (Å²) in [4.78, 5) is 0.960. The van der Waals surface area contributed by atoms with Crippen molar-refractivity contribution in [2.75, 3.05) is 5.32 Å². The van der Waals surface area contributed by atoms with Gasteiger partial charge in [-0.1, -0.05) is 29.8 Å². The first-order valence-electron chi connectivity index (χ1n) is 6.28. The number of fused-ring (bicyclic) bond motifs is 1. The van der Waals surface area contributed by atoms with Gasteiger partial charge in [0.25, 0.3) is 0 Å². The van der Waals surface area contributed by atoms with Gasteiger partial charge in [0.05, 0.1) is 28.9 Å². The first kappa shape index (κ1) is 13.9. The van der Waals surface area contributed by atoms with E-state index in [0.29, 0.717) is 22.8 Å². The summed E-state index contributed by atoms with van der Waals surface area (Å²) in [5.41, 5.74) is 0.667. The molecule has 0 saturated heterocycles. The van der Waals surface area contributed by atoms with Crippen molar-refractivity contribution in [3.8, 4) is 6.07 Å². The van der Waals surface area contributed by atoms with E-state index in [2.05, 4.69) is 5.32 Å². The fourth-order valence-electron chi connectivity index (χ4n) is 2.08. The molecular weight excluding hydrogens is 307 g/mol. The lowest BCUT2D eigenvalue weighted by molar-refractivity contribution is 0.629. The minimum atomic E-state index is -0.439. The standard InChI is InChI=1S/C16H10ClFN2S/c17-16-11-3-1-2-4-14(11)21-15(16)9-20-13-6-5-10(8-19)7-12(13)18/h1-7,20H,9H2. The fourth-order valence-corrected chi connectivity index (χ4v) is 3.52. The molecule has 0 unspecified atom stereocenters. The maximum absolute atomic E-state index is 13.8. The van der Waals surface area contributed by atoms with Crippen molar-refractivity contribution in [1.29, 1.82) is 5.26 Å². The molecule has 0 amide bonds. The summed E-state index contributed by atoms with van der Waals surface area (Å²) in [5, 5.41) is 13.5. The molecule has 0 fully saturated rings. The van der Waals surface area contributed by atoms with E-state index in [9.17, 15) is 4.39 Å². The van der Waals surface area contributed by atoms with E-state index < -0.39 is 5.82 Å². The number of anilines is 1. The molecule has 0 radical (unpaired) electrons. The molecule has 21 heavy (non-hydrogen) atoms. The molecule has 1 heterocycles. The molecule has 0 aliphatic rings. The van der Waals surface area contributed by atoms with Crippen LogP contribution in [0.2, 0.25) is 5.02 Å². The van der Waals surface area contributed by atoms with Crippen LogP contribution in [0.25, 0.3) is 10.1 Å². The minimum absolute atomic E-state index is 0.304. The van der Waals surface area contributed by atoms with Crippen LogP contribution in [0.5, 0.6) is 0 Å². The zero-order valence-electron chi connectivity index (χ0n) is 10.9. The molecule has 0 aliphatic carbocycles. The van der Waals surface area contributed by atoms with Gasteiger partial charge in [0, 0.05) is 15.0 Å². The zero-order chi connectivity index (χ0) is 14.8. The summed E-state index contributed by atoms with van der Waals surface area (Å²) in [6.07, 6.45) is 0. The Labute approximate surface area is 130 Å². The van der Waals surface area contributed by atoms with Crippen molar-refractivity contribution in [1.82, 2.24) is 0 Å². The first-order chi connectivity index (χ1) is 10.2. The molecule has 0 bridgehead atoms. The maximum Gasteiger partial charge on any atom is 0.147 e. The summed E-state index contributed by atoms with van der Waals surface area (Å²) in [7, 11) is 0. The summed E-state index contributed by atoms with van der Waals surface area (Å²) in [5.74, 6) is -0.439. The van der Waals surface area contributed by atoms with Crippen molar-refractivity contribution in [2.45, 2.75) is 6.54 Å². The predicted molar refractivity (Wildman–Crippen MR) is 85.3 cm³/mol. The summed E-state index contributed by atoms with van der Waals surface area (Å²) in [6, 6.07) is 14.2. The summed E-state index contributed by atoms with van der Waals surface area (Å²) in [6.45, 7) is 0.445. The third kappa shape index (κ3) is 2.71. The Morgan fingerprint density at radius 3 is 2.76 bits per heavy atom. The predicted octanol–water partition coefficient (Wildman–Crippen LogP) is 5.18. The largest absolute Gasteiger partial charge is 0.378 e. The van der Waals surface area contributed by atoms with E-state index in [-0.39, 0.29) is 0 Å². The van der Waals surface area contributed by atoms with Gasteiger partial charge in [0.2, 0.25) is 0 Å². The molecule has 3 rings (SSSR count). The van der Waals surface area contributed by atoms with Crippen LogP contribution in [-0.2, 0) is 6.54 Å². The van der Waals surface area contributed by atoms with E-state index in [1.54, 1.807) is 23.5 Å². The van der Waals surface area contributed by atoms with Gasteiger partial charge < -0.3 is 5.32 Å². The molecule has 3 aromatic rings. The van der Waals surface area contributed by atoms with Crippen molar-refractivity contribution >= 4 is 38.7 Å². The SMILES string of the molecule is N#Cc1ccc(NCc2sc3ccccc3c2Cl)c(F)c1. The van der Waals surface area contributed by atoms with Crippen LogP contribution in [0.1, 0.15) is 10.4 Å². The molecular formula is C16H10ClFN2S. The first-order valence-corrected chi connectivity index (χ1v) is 7.48. The molecule has 104 valence electrons. The van der Waals surface area contributed by atoms with Crippen molar-refractivity contribution < 1.29 is 4.39 Å². The van der Waals surface area contributed by atoms with Crippen molar-refractivity contribution in [2.24, 2.45) is 0 Å². The van der Waals surface area contributed by atoms with E-state index >= 15 is 0 Å². The summed E-state index contributed by atoms with van der Waals surface area (Å²) >= 11 is 7.93. The number of nitriles is 1. The summed E-state index contributed by atoms with van der Waals surface area (Å²) < 4.78 is 14.9. The number of benzene rings is 2.